The van der Waals surface area contributed by atoms with Crippen LogP contribution in [0.3, 0.4) is 0 Å². The van der Waals surface area contributed by atoms with E-state index in [0.29, 0.717) is 0 Å². The van der Waals surface area contributed by atoms with E-state index in [1.54, 1.807) is 0 Å². The fourth-order valence-electron chi connectivity index (χ4n) is 8.89. The third-order valence-corrected chi connectivity index (χ3v) is 12.0. The maximum absolute atomic E-state index is 5.11. The molecule has 0 N–H and O–H groups in total. The number of benzene rings is 7. The zero-order chi connectivity index (χ0) is 36.6. The van der Waals surface area contributed by atoms with Crippen LogP contribution in [0.2, 0.25) is 0 Å². The van der Waals surface area contributed by atoms with Crippen molar-refractivity contribution < 1.29 is 0 Å². The number of rotatable bonds is 5. The van der Waals surface area contributed by atoms with Gasteiger partial charge in [0.2, 0.25) is 0 Å². The minimum absolute atomic E-state index is 0.0318. The molecule has 2 aliphatic carbocycles. The van der Waals surface area contributed by atoms with Crippen LogP contribution in [0, 0.1) is 0 Å². The molecule has 54 heavy (non-hydrogen) atoms. The molecular formula is C52H40N2. The van der Waals surface area contributed by atoms with Gasteiger partial charge in [-0.15, -0.1) is 0 Å². The minimum atomic E-state index is -0.0318. The van der Waals surface area contributed by atoms with Crippen LogP contribution < -0.4 is 0 Å². The van der Waals surface area contributed by atoms with E-state index < -0.39 is 0 Å². The van der Waals surface area contributed by atoms with Crippen LogP contribution in [0.1, 0.15) is 49.9 Å². The summed E-state index contributed by atoms with van der Waals surface area (Å²) in [5.41, 5.74) is 20.7. The van der Waals surface area contributed by atoms with Gasteiger partial charge >= 0.3 is 0 Å². The molecular weight excluding hydrogens is 653 g/mol. The van der Waals surface area contributed by atoms with Gasteiger partial charge < -0.3 is 0 Å². The highest BCUT2D eigenvalue weighted by Gasteiger charge is 2.36. The van der Waals surface area contributed by atoms with Gasteiger partial charge in [-0.1, -0.05) is 179 Å². The van der Waals surface area contributed by atoms with Crippen LogP contribution >= 0.6 is 0 Å². The lowest BCUT2D eigenvalue weighted by molar-refractivity contribution is 0.660. The standard InChI is InChI=1S/C52H40N2/c1-51(2)44-16-10-8-14-40(44)42-28-26-38(30-46(42)51)33-18-22-35(23-19-33)48-32-49(54-50(53-48)37-12-6-5-7-13-37)36-24-20-34(21-25-36)39-27-29-43-41-15-9-11-17-45(41)52(3,4)47(43)31-39/h5-32H,1-4H3. The second-order valence-corrected chi connectivity index (χ2v) is 15.8. The Morgan fingerprint density at radius 1 is 0.296 bits per heavy atom. The highest BCUT2D eigenvalue weighted by molar-refractivity contribution is 5.85. The highest BCUT2D eigenvalue weighted by Crippen LogP contribution is 2.51. The van der Waals surface area contributed by atoms with Crippen LogP contribution in [0.15, 0.2) is 170 Å². The Morgan fingerprint density at radius 2 is 0.667 bits per heavy atom. The molecule has 0 atom stereocenters. The zero-order valence-electron chi connectivity index (χ0n) is 31.1. The number of hydrogen-bond acceptors (Lipinski definition) is 2. The number of aromatic nitrogens is 2. The first-order chi connectivity index (χ1) is 26.3. The first-order valence-corrected chi connectivity index (χ1v) is 18.9. The molecule has 258 valence electrons. The van der Waals surface area contributed by atoms with Gasteiger partial charge in [0.05, 0.1) is 11.4 Å². The molecule has 1 heterocycles. The van der Waals surface area contributed by atoms with E-state index in [0.717, 1.165) is 33.9 Å². The Labute approximate surface area is 317 Å². The summed E-state index contributed by atoms with van der Waals surface area (Å²) in [6, 6.07) is 61.6. The molecule has 7 aromatic carbocycles. The van der Waals surface area contributed by atoms with Crippen LogP contribution in [0.4, 0.5) is 0 Å². The normalized spacial score (nSPS) is 14.2. The maximum atomic E-state index is 5.11. The molecule has 0 bridgehead atoms. The van der Waals surface area contributed by atoms with Gasteiger partial charge in [-0.05, 0) is 85.0 Å². The second-order valence-electron chi connectivity index (χ2n) is 15.8. The SMILES string of the molecule is CC1(C)c2ccccc2-c2ccc(-c3ccc(-c4cc(-c5ccc(-c6ccc7c(c6)C(C)(C)c6ccccc6-7)cc5)nc(-c5ccccc5)n4)cc3)cc21. The monoisotopic (exact) mass is 692 g/mol. The predicted octanol–water partition coefficient (Wildman–Crippen LogP) is 13.4. The Morgan fingerprint density at radius 3 is 1.13 bits per heavy atom. The van der Waals surface area contributed by atoms with E-state index in [1.165, 1.54) is 66.8 Å². The summed E-state index contributed by atoms with van der Waals surface area (Å²) in [6.07, 6.45) is 0. The predicted molar refractivity (Wildman–Crippen MR) is 224 cm³/mol. The summed E-state index contributed by atoms with van der Waals surface area (Å²) in [5, 5.41) is 0. The van der Waals surface area contributed by atoms with Crippen molar-refractivity contribution in [1.82, 2.24) is 9.97 Å². The van der Waals surface area contributed by atoms with Crippen molar-refractivity contribution in [3.8, 4) is 78.4 Å². The zero-order valence-corrected chi connectivity index (χ0v) is 31.1. The Balaban J connectivity index is 0.985. The average molecular weight is 693 g/mol. The van der Waals surface area contributed by atoms with Gasteiger partial charge in [-0.3, -0.25) is 0 Å². The van der Waals surface area contributed by atoms with E-state index >= 15 is 0 Å². The fourth-order valence-corrected chi connectivity index (χ4v) is 8.89. The molecule has 2 heteroatoms. The summed E-state index contributed by atoms with van der Waals surface area (Å²) in [4.78, 5) is 10.2. The highest BCUT2D eigenvalue weighted by atomic mass is 14.9. The molecule has 0 radical (unpaired) electrons. The second kappa shape index (κ2) is 12.1. The van der Waals surface area contributed by atoms with Gasteiger partial charge in [0.25, 0.3) is 0 Å². The molecule has 0 fully saturated rings. The minimum Gasteiger partial charge on any atom is -0.228 e. The van der Waals surface area contributed by atoms with Gasteiger partial charge in [0.15, 0.2) is 5.82 Å². The molecule has 1 aromatic heterocycles. The van der Waals surface area contributed by atoms with Crippen molar-refractivity contribution in [2.24, 2.45) is 0 Å². The van der Waals surface area contributed by atoms with Gasteiger partial charge in [-0.2, -0.15) is 0 Å². The quantitative estimate of drug-likeness (QED) is 0.179. The van der Waals surface area contributed by atoms with E-state index in [2.05, 4.69) is 179 Å². The summed E-state index contributed by atoms with van der Waals surface area (Å²) in [5.74, 6) is 0.720. The van der Waals surface area contributed by atoms with Crippen molar-refractivity contribution in [2.45, 2.75) is 38.5 Å². The molecule has 10 rings (SSSR count). The molecule has 0 saturated carbocycles. The fraction of sp³-hybridized carbons (Fsp3) is 0.115. The van der Waals surface area contributed by atoms with Crippen LogP contribution in [0.25, 0.3) is 78.4 Å². The number of hydrogen-bond donors (Lipinski definition) is 0. The molecule has 0 saturated heterocycles. The third-order valence-electron chi connectivity index (χ3n) is 12.0. The average Bonchev–Trinajstić information content (AvgIpc) is 3.60. The van der Waals surface area contributed by atoms with Gasteiger partial charge in [0, 0.05) is 27.5 Å². The lowest BCUT2D eigenvalue weighted by Gasteiger charge is -2.22. The lowest BCUT2D eigenvalue weighted by atomic mass is 9.81. The summed E-state index contributed by atoms with van der Waals surface area (Å²) in [7, 11) is 0. The van der Waals surface area contributed by atoms with Crippen molar-refractivity contribution in [3.05, 3.63) is 192 Å². The van der Waals surface area contributed by atoms with E-state index in [1.807, 2.05) is 18.2 Å². The van der Waals surface area contributed by atoms with E-state index in [4.69, 9.17) is 9.97 Å². The van der Waals surface area contributed by atoms with E-state index in [-0.39, 0.29) is 10.8 Å². The Kier molecular flexibility index (Phi) is 7.22. The summed E-state index contributed by atoms with van der Waals surface area (Å²) < 4.78 is 0. The lowest BCUT2D eigenvalue weighted by Crippen LogP contribution is -2.14. The van der Waals surface area contributed by atoms with E-state index in [9.17, 15) is 0 Å². The Hall–Kier alpha value is -6.38. The molecule has 0 unspecified atom stereocenters. The first-order valence-electron chi connectivity index (χ1n) is 18.9. The van der Waals surface area contributed by atoms with Crippen LogP contribution in [-0.4, -0.2) is 9.97 Å². The number of fused-ring (bicyclic) bond motifs is 6. The molecule has 2 nitrogen and oxygen atoms in total. The molecule has 0 amide bonds. The first kappa shape index (κ1) is 32.3. The van der Waals surface area contributed by atoms with Crippen molar-refractivity contribution >= 4 is 0 Å². The molecule has 2 aliphatic rings. The summed E-state index contributed by atoms with van der Waals surface area (Å²) in [6.45, 7) is 9.34. The van der Waals surface area contributed by atoms with Crippen molar-refractivity contribution in [3.63, 3.8) is 0 Å². The summed E-state index contributed by atoms with van der Waals surface area (Å²) >= 11 is 0. The van der Waals surface area contributed by atoms with Crippen LogP contribution in [0.5, 0.6) is 0 Å². The molecule has 8 aromatic rings. The topological polar surface area (TPSA) is 25.8 Å². The number of nitrogens with zero attached hydrogens (tertiary/aromatic N) is 2. The largest absolute Gasteiger partial charge is 0.228 e. The smallest absolute Gasteiger partial charge is 0.160 e. The van der Waals surface area contributed by atoms with Crippen LogP contribution in [-0.2, 0) is 10.8 Å². The maximum Gasteiger partial charge on any atom is 0.160 e. The van der Waals surface area contributed by atoms with Crippen molar-refractivity contribution in [2.75, 3.05) is 0 Å². The molecule has 0 aliphatic heterocycles. The molecule has 0 spiro atoms. The van der Waals surface area contributed by atoms with Gasteiger partial charge in [-0.25, -0.2) is 9.97 Å². The Bertz CT molecular complexity index is 2570. The third kappa shape index (κ3) is 5.09. The van der Waals surface area contributed by atoms with Gasteiger partial charge in [0.1, 0.15) is 0 Å². The van der Waals surface area contributed by atoms with Crippen molar-refractivity contribution in [1.29, 1.82) is 0 Å².